The average molecular weight is 389 g/mol. The molecule has 0 bridgehead atoms. The third kappa shape index (κ3) is 2.64. The molecule has 0 unspecified atom stereocenters. The van der Waals surface area contributed by atoms with Gasteiger partial charge >= 0.3 is 0 Å². The molecule has 1 aromatic carbocycles. The highest BCUT2D eigenvalue weighted by Gasteiger charge is 2.15. The predicted molar refractivity (Wildman–Crippen MR) is 115 cm³/mol. The van der Waals surface area contributed by atoms with Crippen LogP contribution in [0.1, 0.15) is 0 Å². The van der Waals surface area contributed by atoms with E-state index in [0.29, 0.717) is 0 Å². The standard InChI is InChI=1S/C23H15N7/c1-2-7-25-18(3-1)15-6-8-27-23-16(15)12-20(28-23)22-17-11-14(4-5-19(17)29-30-22)21-13-24-9-10-26-21/h1-13H,(H,27,28)(H,29,30). The van der Waals surface area contributed by atoms with E-state index in [-0.39, 0.29) is 0 Å². The van der Waals surface area contributed by atoms with Crippen molar-refractivity contribution in [1.82, 2.24) is 35.1 Å². The van der Waals surface area contributed by atoms with Gasteiger partial charge in [-0.1, -0.05) is 12.1 Å². The van der Waals surface area contributed by atoms with Gasteiger partial charge in [0.2, 0.25) is 0 Å². The molecule has 0 saturated carbocycles. The Hall–Kier alpha value is -4.39. The summed E-state index contributed by atoms with van der Waals surface area (Å²) in [6.07, 6.45) is 8.71. The Morgan fingerprint density at radius 3 is 2.57 bits per heavy atom. The van der Waals surface area contributed by atoms with Crippen molar-refractivity contribution in [3.63, 3.8) is 0 Å². The van der Waals surface area contributed by atoms with Crippen LogP contribution < -0.4 is 0 Å². The summed E-state index contributed by atoms with van der Waals surface area (Å²) in [5.41, 5.74) is 7.23. The van der Waals surface area contributed by atoms with Crippen LogP contribution >= 0.6 is 0 Å². The van der Waals surface area contributed by atoms with Crippen LogP contribution in [0.3, 0.4) is 0 Å². The number of aromatic amines is 2. The highest BCUT2D eigenvalue weighted by atomic mass is 15.1. The van der Waals surface area contributed by atoms with Crippen molar-refractivity contribution in [2.75, 3.05) is 0 Å². The SMILES string of the molecule is c1ccc(-c2ccnc3[nH]c(-c4n[nH]c5ccc(-c6cnccn6)cc45)cc23)nc1. The first-order chi connectivity index (χ1) is 14.9. The van der Waals surface area contributed by atoms with E-state index in [0.717, 1.165) is 55.8 Å². The van der Waals surface area contributed by atoms with Crippen LogP contribution in [0.2, 0.25) is 0 Å². The number of benzene rings is 1. The van der Waals surface area contributed by atoms with E-state index in [9.17, 15) is 0 Å². The van der Waals surface area contributed by atoms with Gasteiger partial charge in [-0.15, -0.1) is 0 Å². The molecule has 0 spiro atoms. The summed E-state index contributed by atoms with van der Waals surface area (Å²) in [6, 6.07) is 16.1. The van der Waals surface area contributed by atoms with Crippen molar-refractivity contribution in [3.05, 3.63) is 79.5 Å². The monoisotopic (exact) mass is 389 g/mol. The van der Waals surface area contributed by atoms with Crippen LogP contribution in [0.25, 0.3) is 55.8 Å². The van der Waals surface area contributed by atoms with Crippen LogP contribution in [-0.2, 0) is 0 Å². The number of rotatable bonds is 3. The Balaban J connectivity index is 1.52. The Kier molecular flexibility index (Phi) is 3.64. The highest BCUT2D eigenvalue weighted by molar-refractivity contribution is 6.00. The lowest BCUT2D eigenvalue weighted by atomic mass is 10.1. The molecule has 0 aliphatic carbocycles. The number of pyridine rings is 2. The van der Waals surface area contributed by atoms with E-state index in [4.69, 9.17) is 0 Å². The van der Waals surface area contributed by atoms with Gasteiger partial charge in [-0.2, -0.15) is 5.10 Å². The lowest BCUT2D eigenvalue weighted by Gasteiger charge is -2.01. The number of fused-ring (bicyclic) bond motifs is 2. The van der Waals surface area contributed by atoms with E-state index < -0.39 is 0 Å². The molecule has 0 amide bonds. The van der Waals surface area contributed by atoms with E-state index in [1.807, 2.05) is 36.4 Å². The van der Waals surface area contributed by atoms with Crippen molar-refractivity contribution < 1.29 is 0 Å². The van der Waals surface area contributed by atoms with E-state index in [2.05, 4.69) is 47.2 Å². The van der Waals surface area contributed by atoms with Crippen molar-refractivity contribution >= 4 is 21.9 Å². The second-order valence-electron chi connectivity index (χ2n) is 6.94. The molecule has 0 aliphatic rings. The lowest BCUT2D eigenvalue weighted by Crippen LogP contribution is -1.84. The summed E-state index contributed by atoms with van der Waals surface area (Å²) in [5, 5.41) is 9.69. The first-order valence-corrected chi connectivity index (χ1v) is 9.51. The van der Waals surface area contributed by atoms with E-state index >= 15 is 0 Å². The molecule has 0 fully saturated rings. The summed E-state index contributed by atoms with van der Waals surface area (Å²) in [4.78, 5) is 21.0. The largest absolute Gasteiger partial charge is 0.338 e. The van der Waals surface area contributed by atoms with Gasteiger partial charge in [0.1, 0.15) is 11.3 Å². The lowest BCUT2D eigenvalue weighted by molar-refractivity contribution is 1.12. The minimum atomic E-state index is 0.800. The molecule has 30 heavy (non-hydrogen) atoms. The second-order valence-corrected chi connectivity index (χ2v) is 6.94. The Bertz CT molecular complexity index is 1480. The fraction of sp³-hybridized carbons (Fsp3) is 0. The van der Waals surface area contributed by atoms with Crippen molar-refractivity contribution in [2.24, 2.45) is 0 Å². The summed E-state index contributed by atoms with van der Waals surface area (Å²) in [5.74, 6) is 0. The second kappa shape index (κ2) is 6.59. The minimum absolute atomic E-state index is 0.800. The minimum Gasteiger partial charge on any atom is -0.338 e. The smallest absolute Gasteiger partial charge is 0.138 e. The maximum Gasteiger partial charge on any atom is 0.138 e. The molecule has 6 rings (SSSR count). The van der Waals surface area contributed by atoms with Gasteiger partial charge in [0.05, 0.1) is 28.8 Å². The van der Waals surface area contributed by atoms with Gasteiger partial charge in [0.25, 0.3) is 0 Å². The number of aromatic nitrogens is 7. The normalized spacial score (nSPS) is 11.3. The molecule has 0 radical (unpaired) electrons. The molecule has 0 saturated heterocycles. The molecular formula is C23H15N7. The van der Waals surface area contributed by atoms with Crippen molar-refractivity contribution in [2.45, 2.75) is 0 Å². The zero-order valence-corrected chi connectivity index (χ0v) is 15.7. The summed E-state index contributed by atoms with van der Waals surface area (Å²) >= 11 is 0. The predicted octanol–water partition coefficient (Wildman–Crippen LogP) is 4.63. The van der Waals surface area contributed by atoms with Crippen LogP contribution in [0.15, 0.2) is 79.5 Å². The third-order valence-electron chi connectivity index (χ3n) is 5.15. The fourth-order valence-electron chi connectivity index (χ4n) is 3.73. The summed E-state index contributed by atoms with van der Waals surface area (Å²) < 4.78 is 0. The van der Waals surface area contributed by atoms with Crippen LogP contribution in [0, 0.1) is 0 Å². The average Bonchev–Trinajstić information content (AvgIpc) is 3.43. The molecule has 7 nitrogen and oxygen atoms in total. The van der Waals surface area contributed by atoms with Gasteiger partial charge in [0, 0.05) is 46.7 Å². The van der Waals surface area contributed by atoms with Crippen molar-refractivity contribution in [3.8, 4) is 33.9 Å². The fourth-order valence-corrected chi connectivity index (χ4v) is 3.73. The molecule has 142 valence electrons. The van der Waals surface area contributed by atoms with E-state index in [1.54, 1.807) is 31.0 Å². The molecule has 5 heterocycles. The first-order valence-electron chi connectivity index (χ1n) is 9.51. The third-order valence-corrected chi connectivity index (χ3v) is 5.15. The molecule has 0 aliphatic heterocycles. The topological polar surface area (TPSA) is 96.0 Å². The molecule has 5 aromatic heterocycles. The van der Waals surface area contributed by atoms with Crippen LogP contribution in [0.4, 0.5) is 0 Å². The van der Waals surface area contributed by atoms with Crippen LogP contribution in [-0.4, -0.2) is 35.1 Å². The number of hydrogen-bond donors (Lipinski definition) is 2. The number of hydrogen-bond acceptors (Lipinski definition) is 5. The first kappa shape index (κ1) is 16.6. The quantitative estimate of drug-likeness (QED) is 0.460. The zero-order chi connectivity index (χ0) is 19.9. The number of nitrogens with one attached hydrogen (secondary N) is 2. The molecule has 0 atom stereocenters. The number of nitrogens with zero attached hydrogens (tertiary/aromatic N) is 5. The molecule has 6 aromatic rings. The molecular weight excluding hydrogens is 374 g/mol. The van der Waals surface area contributed by atoms with Gasteiger partial charge in [-0.3, -0.25) is 20.1 Å². The Morgan fingerprint density at radius 2 is 1.70 bits per heavy atom. The van der Waals surface area contributed by atoms with Gasteiger partial charge < -0.3 is 4.98 Å². The van der Waals surface area contributed by atoms with E-state index in [1.165, 1.54) is 0 Å². The van der Waals surface area contributed by atoms with Gasteiger partial charge in [-0.25, -0.2) is 4.98 Å². The highest BCUT2D eigenvalue weighted by Crippen LogP contribution is 2.33. The number of H-pyrrole nitrogens is 2. The van der Waals surface area contributed by atoms with Crippen LogP contribution in [0.5, 0.6) is 0 Å². The molecule has 7 heteroatoms. The summed E-state index contributed by atoms with van der Waals surface area (Å²) in [7, 11) is 0. The Morgan fingerprint density at radius 1 is 0.733 bits per heavy atom. The summed E-state index contributed by atoms with van der Waals surface area (Å²) in [6.45, 7) is 0. The van der Waals surface area contributed by atoms with Gasteiger partial charge in [-0.05, 0) is 36.4 Å². The van der Waals surface area contributed by atoms with Gasteiger partial charge in [0.15, 0.2) is 0 Å². The maximum absolute atomic E-state index is 4.56. The Labute approximate surface area is 170 Å². The zero-order valence-electron chi connectivity index (χ0n) is 15.7. The maximum atomic E-state index is 4.56. The molecule has 2 N–H and O–H groups in total. The van der Waals surface area contributed by atoms with Crippen molar-refractivity contribution in [1.29, 1.82) is 0 Å².